The molecule has 1 aromatic heterocycles. The Morgan fingerprint density at radius 2 is 2.22 bits per heavy atom. The lowest BCUT2D eigenvalue weighted by atomic mass is 10.0. The van der Waals surface area contributed by atoms with Gasteiger partial charge in [0, 0.05) is 18.3 Å². The van der Waals surface area contributed by atoms with Crippen LogP contribution in [0.2, 0.25) is 0 Å². The average Bonchev–Trinajstić information content (AvgIpc) is 2.39. The molecule has 2 rings (SSSR count). The number of piperidine rings is 1. The minimum absolute atomic E-state index is 0.106. The van der Waals surface area contributed by atoms with Crippen molar-refractivity contribution in [2.45, 2.75) is 58.6 Å². The Hall–Kier alpha value is -1.09. The summed E-state index contributed by atoms with van der Waals surface area (Å²) < 4.78 is 0. The Balaban J connectivity index is 2.27. The van der Waals surface area contributed by atoms with Gasteiger partial charge in [-0.2, -0.15) is 0 Å². The van der Waals surface area contributed by atoms with Crippen molar-refractivity contribution >= 4 is 5.82 Å². The van der Waals surface area contributed by atoms with Crippen molar-refractivity contribution in [3.05, 3.63) is 23.4 Å². The first kappa shape index (κ1) is 13.3. The van der Waals surface area contributed by atoms with Crippen LogP contribution in [0.1, 0.15) is 50.8 Å². The minimum atomic E-state index is 0.106. The molecule has 2 heterocycles. The lowest BCUT2D eigenvalue weighted by Crippen LogP contribution is -2.38. The van der Waals surface area contributed by atoms with Gasteiger partial charge in [0.05, 0.1) is 6.61 Å². The second kappa shape index (κ2) is 6.19. The Morgan fingerprint density at radius 3 is 2.89 bits per heavy atom. The van der Waals surface area contributed by atoms with Gasteiger partial charge in [0.1, 0.15) is 5.82 Å². The van der Waals surface area contributed by atoms with Gasteiger partial charge in [-0.15, -0.1) is 0 Å². The van der Waals surface area contributed by atoms with E-state index in [1.807, 2.05) is 12.1 Å². The molecular weight excluding hydrogens is 224 g/mol. The smallest absolute Gasteiger partial charge is 0.129 e. The maximum absolute atomic E-state index is 9.37. The topological polar surface area (TPSA) is 36.4 Å². The Kier molecular flexibility index (Phi) is 4.59. The predicted octanol–water partition coefficient (Wildman–Crippen LogP) is 2.91. The highest BCUT2D eigenvalue weighted by Crippen LogP contribution is 2.24. The number of nitrogens with zero attached hydrogens (tertiary/aromatic N) is 2. The summed E-state index contributed by atoms with van der Waals surface area (Å²) in [4.78, 5) is 7.15. The zero-order valence-corrected chi connectivity index (χ0v) is 11.5. The summed E-state index contributed by atoms with van der Waals surface area (Å²) in [5.41, 5.74) is 2.10. The van der Waals surface area contributed by atoms with Gasteiger partial charge >= 0.3 is 0 Å². The van der Waals surface area contributed by atoms with Crippen LogP contribution in [0.4, 0.5) is 5.82 Å². The molecule has 1 N–H and O–H groups in total. The van der Waals surface area contributed by atoms with Crippen molar-refractivity contribution in [1.29, 1.82) is 0 Å². The molecule has 0 spiro atoms. The summed E-state index contributed by atoms with van der Waals surface area (Å²) in [6, 6.07) is 4.64. The normalized spacial score (nSPS) is 20.2. The van der Waals surface area contributed by atoms with E-state index >= 15 is 0 Å². The summed E-state index contributed by atoms with van der Waals surface area (Å²) in [5, 5.41) is 9.37. The highest BCUT2D eigenvalue weighted by Gasteiger charge is 2.20. The van der Waals surface area contributed by atoms with E-state index in [0.29, 0.717) is 6.04 Å². The van der Waals surface area contributed by atoms with Crippen LogP contribution in [0.15, 0.2) is 12.1 Å². The second-order valence-corrected chi connectivity index (χ2v) is 5.27. The van der Waals surface area contributed by atoms with E-state index in [1.165, 1.54) is 19.3 Å². The van der Waals surface area contributed by atoms with Crippen molar-refractivity contribution < 1.29 is 5.11 Å². The highest BCUT2D eigenvalue weighted by atomic mass is 16.3. The molecule has 100 valence electrons. The number of aliphatic hydroxyl groups is 1. The number of aromatic nitrogens is 1. The fourth-order valence-corrected chi connectivity index (χ4v) is 2.69. The zero-order chi connectivity index (χ0) is 13.0. The van der Waals surface area contributed by atoms with Crippen LogP contribution in [0.3, 0.4) is 0 Å². The standard InChI is InChI=1S/C15H24N2O/c1-3-6-14-9-13(11-18)10-15(16-14)17-8-5-4-7-12(17)2/h9-10,12,18H,3-8,11H2,1-2H3. The molecule has 1 fully saturated rings. The van der Waals surface area contributed by atoms with Gasteiger partial charge < -0.3 is 10.0 Å². The van der Waals surface area contributed by atoms with Crippen LogP contribution in [-0.2, 0) is 13.0 Å². The van der Waals surface area contributed by atoms with E-state index in [0.717, 1.165) is 36.5 Å². The van der Waals surface area contributed by atoms with Gasteiger partial charge in [-0.1, -0.05) is 13.3 Å². The van der Waals surface area contributed by atoms with Crippen LogP contribution >= 0.6 is 0 Å². The molecule has 0 saturated carbocycles. The molecular formula is C15H24N2O. The molecule has 0 aliphatic carbocycles. The molecule has 3 nitrogen and oxygen atoms in total. The van der Waals surface area contributed by atoms with Crippen molar-refractivity contribution in [3.63, 3.8) is 0 Å². The van der Waals surface area contributed by atoms with E-state index in [-0.39, 0.29) is 6.61 Å². The molecule has 0 bridgehead atoms. The summed E-state index contributed by atoms with van der Waals surface area (Å²) >= 11 is 0. The number of aryl methyl sites for hydroxylation is 1. The lowest BCUT2D eigenvalue weighted by molar-refractivity contribution is 0.281. The number of hydrogen-bond acceptors (Lipinski definition) is 3. The quantitative estimate of drug-likeness (QED) is 0.890. The van der Waals surface area contributed by atoms with E-state index in [9.17, 15) is 5.11 Å². The molecule has 0 amide bonds. The van der Waals surface area contributed by atoms with Crippen LogP contribution in [0.5, 0.6) is 0 Å². The molecule has 1 aromatic rings. The summed E-state index contributed by atoms with van der Waals surface area (Å²) in [6.45, 7) is 5.63. The third-order valence-electron chi connectivity index (χ3n) is 3.71. The van der Waals surface area contributed by atoms with Gasteiger partial charge in [0.25, 0.3) is 0 Å². The predicted molar refractivity (Wildman–Crippen MR) is 74.8 cm³/mol. The van der Waals surface area contributed by atoms with Crippen molar-refractivity contribution in [2.24, 2.45) is 0 Å². The van der Waals surface area contributed by atoms with Gasteiger partial charge in [-0.3, -0.25) is 0 Å². The monoisotopic (exact) mass is 248 g/mol. The number of hydrogen-bond donors (Lipinski definition) is 1. The minimum Gasteiger partial charge on any atom is -0.392 e. The second-order valence-electron chi connectivity index (χ2n) is 5.27. The van der Waals surface area contributed by atoms with Crippen molar-refractivity contribution in [1.82, 2.24) is 4.98 Å². The van der Waals surface area contributed by atoms with E-state index in [4.69, 9.17) is 4.98 Å². The van der Waals surface area contributed by atoms with Crippen molar-refractivity contribution in [2.75, 3.05) is 11.4 Å². The zero-order valence-electron chi connectivity index (χ0n) is 11.5. The van der Waals surface area contributed by atoms with Gasteiger partial charge in [-0.05, 0) is 50.3 Å². The first-order valence-electron chi connectivity index (χ1n) is 7.12. The van der Waals surface area contributed by atoms with Crippen LogP contribution < -0.4 is 4.90 Å². The largest absolute Gasteiger partial charge is 0.392 e. The molecule has 1 unspecified atom stereocenters. The van der Waals surface area contributed by atoms with Crippen LogP contribution in [-0.4, -0.2) is 22.7 Å². The molecule has 0 radical (unpaired) electrons. The van der Waals surface area contributed by atoms with Crippen LogP contribution in [0.25, 0.3) is 0 Å². The Labute approximate surface area is 110 Å². The van der Waals surface area contributed by atoms with Crippen LogP contribution in [0, 0.1) is 0 Å². The Bertz CT molecular complexity index is 392. The highest BCUT2D eigenvalue weighted by molar-refractivity contribution is 5.44. The maximum Gasteiger partial charge on any atom is 0.129 e. The average molecular weight is 248 g/mol. The molecule has 1 saturated heterocycles. The number of pyridine rings is 1. The first-order valence-corrected chi connectivity index (χ1v) is 7.12. The molecule has 18 heavy (non-hydrogen) atoms. The van der Waals surface area contributed by atoms with Gasteiger partial charge in [0.2, 0.25) is 0 Å². The number of anilines is 1. The van der Waals surface area contributed by atoms with Gasteiger partial charge in [0.15, 0.2) is 0 Å². The van der Waals surface area contributed by atoms with E-state index in [1.54, 1.807) is 0 Å². The SMILES string of the molecule is CCCc1cc(CO)cc(N2CCCCC2C)n1. The fraction of sp³-hybridized carbons (Fsp3) is 0.667. The fourth-order valence-electron chi connectivity index (χ4n) is 2.69. The summed E-state index contributed by atoms with van der Waals surface area (Å²) in [7, 11) is 0. The number of aliphatic hydroxyl groups excluding tert-OH is 1. The molecule has 1 aliphatic rings. The van der Waals surface area contributed by atoms with E-state index < -0.39 is 0 Å². The first-order chi connectivity index (χ1) is 8.74. The van der Waals surface area contributed by atoms with Crippen molar-refractivity contribution in [3.8, 4) is 0 Å². The third-order valence-corrected chi connectivity index (χ3v) is 3.71. The lowest BCUT2D eigenvalue weighted by Gasteiger charge is -2.34. The maximum atomic E-state index is 9.37. The number of rotatable bonds is 4. The third kappa shape index (κ3) is 3.02. The molecule has 1 atom stereocenters. The molecule has 1 aliphatic heterocycles. The molecule has 0 aromatic carbocycles. The Morgan fingerprint density at radius 1 is 1.39 bits per heavy atom. The van der Waals surface area contributed by atoms with Gasteiger partial charge in [-0.25, -0.2) is 4.98 Å². The summed E-state index contributed by atoms with van der Waals surface area (Å²) in [5.74, 6) is 1.05. The summed E-state index contributed by atoms with van der Waals surface area (Å²) in [6.07, 6.45) is 5.89. The van der Waals surface area contributed by atoms with E-state index in [2.05, 4.69) is 18.7 Å². The molecule has 3 heteroatoms.